The minimum absolute atomic E-state index is 0.155. The van der Waals surface area contributed by atoms with Gasteiger partial charge in [-0.2, -0.15) is 0 Å². The third kappa shape index (κ3) is 4.94. The number of hydrogen-bond donors (Lipinski definition) is 2. The summed E-state index contributed by atoms with van der Waals surface area (Å²) in [5.74, 6) is 0.155. The van der Waals surface area contributed by atoms with Crippen LogP contribution in [-0.4, -0.2) is 48.2 Å². The third-order valence-electron chi connectivity index (χ3n) is 3.07. The number of likely N-dealkylation sites (tertiary alicyclic amines) is 1. The Balaban J connectivity index is 2.21. The smallest absolute Gasteiger partial charge is 0.219 e. The molecule has 1 heterocycles. The first-order chi connectivity index (χ1) is 7.76. The Morgan fingerprint density at radius 2 is 2.31 bits per heavy atom. The molecule has 0 radical (unpaired) electrons. The van der Waals surface area contributed by atoms with Crippen molar-refractivity contribution in [3.63, 3.8) is 0 Å². The van der Waals surface area contributed by atoms with Crippen molar-refractivity contribution in [3.05, 3.63) is 0 Å². The van der Waals surface area contributed by atoms with Gasteiger partial charge in [0.25, 0.3) is 0 Å². The molecule has 94 valence electrons. The number of aliphatic hydroxyl groups is 1. The molecule has 1 rings (SSSR count). The molecule has 4 nitrogen and oxygen atoms in total. The molecule has 0 saturated carbocycles. The summed E-state index contributed by atoms with van der Waals surface area (Å²) in [5.41, 5.74) is 0. The Morgan fingerprint density at radius 3 is 3.00 bits per heavy atom. The average molecular weight is 228 g/mol. The summed E-state index contributed by atoms with van der Waals surface area (Å²) in [4.78, 5) is 13.7. The predicted octanol–water partition coefficient (Wildman–Crippen LogP) is 0.749. The molecule has 0 spiro atoms. The summed E-state index contributed by atoms with van der Waals surface area (Å²) >= 11 is 0. The second-order valence-electron chi connectivity index (χ2n) is 4.49. The van der Waals surface area contributed by atoms with Gasteiger partial charge in [0.2, 0.25) is 5.91 Å². The van der Waals surface area contributed by atoms with Gasteiger partial charge in [-0.15, -0.1) is 0 Å². The zero-order valence-corrected chi connectivity index (χ0v) is 10.2. The van der Waals surface area contributed by atoms with E-state index in [4.69, 9.17) is 5.11 Å². The summed E-state index contributed by atoms with van der Waals surface area (Å²) in [6.45, 7) is 5.31. The van der Waals surface area contributed by atoms with E-state index < -0.39 is 0 Å². The molecule has 1 fully saturated rings. The van der Waals surface area contributed by atoms with Crippen molar-refractivity contribution < 1.29 is 9.90 Å². The lowest BCUT2D eigenvalue weighted by Gasteiger charge is -2.33. The van der Waals surface area contributed by atoms with Crippen LogP contribution >= 0.6 is 0 Å². The van der Waals surface area contributed by atoms with Crippen molar-refractivity contribution in [3.8, 4) is 0 Å². The van der Waals surface area contributed by atoms with Gasteiger partial charge in [0.05, 0.1) is 0 Å². The van der Waals surface area contributed by atoms with Crippen molar-refractivity contribution in [2.45, 2.75) is 45.1 Å². The number of aliphatic hydroxyl groups excluding tert-OH is 1. The van der Waals surface area contributed by atoms with Crippen molar-refractivity contribution in [1.29, 1.82) is 0 Å². The maximum absolute atomic E-state index is 11.3. The number of unbranched alkanes of at least 4 members (excludes halogenated alkanes) is 1. The summed E-state index contributed by atoms with van der Waals surface area (Å²) in [6.07, 6.45) is 4.75. The molecule has 0 aromatic rings. The number of carbonyl (C=O) groups is 1. The van der Waals surface area contributed by atoms with Crippen LogP contribution in [-0.2, 0) is 4.79 Å². The van der Waals surface area contributed by atoms with Crippen molar-refractivity contribution in [1.82, 2.24) is 10.2 Å². The second-order valence-corrected chi connectivity index (χ2v) is 4.49. The van der Waals surface area contributed by atoms with Crippen molar-refractivity contribution in [2.24, 2.45) is 0 Å². The van der Waals surface area contributed by atoms with Crippen LogP contribution in [0.15, 0.2) is 0 Å². The van der Waals surface area contributed by atoms with Gasteiger partial charge in [-0.25, -0.2) is 0 Å². The standard InChI is InChI=1S/C12H24N2O2/c1-2-12(16)13-11-6-5-8-14(10-11)7-3-4-9-15/h11,15H,2-10H2,1H3,(H,13,16). The molecular formula is C12H24N2O2. The van der Waals surface area contributed by atoms with E-state index in [1.807, 2.05) is 6.92 Å². The van der Waals surface area contributed by atoms with E-state index in [1.165, 1.54) is 0 Å². The third-order valence-corrected chi connectivity index (χ3v) is 3.07. The van der Waals surface area contributed by atoms with Crippen LogP contribution < -0.4 is 5.32 Å². The van der Waals surface area contributed by atoms with E-state index >= 15 is 0 Å². The van der Waals surface area contributed by atoms with Gasteiger partial charge in [-0.1, -0.05) is 6.92 Å². The molecule has 0 aliphatic carbocycles. The number of nitrogens with one attached hydrogen (secondary N) is 1. The summed E-state index contributed by atoms with van der Waals surface area (Å²) in [7, 11) is 0. The van der Waals surface area contributed by atoms with Gasteiger partial charge in [0.15, 0.2) is 0 Å². The van der Waals surface area contributed by atoms with Crippen molar-refractivity contribution in [2.75, 3.05) is 26.2 Å². The van der Waals surface area contributed by atoms with E-state index in [1.54, 1.807) is 0 Å². The molecule has 0 bridgehead atoms. The van der Waals surface area contributed by atoms with Gasteiger partial charge in [0, 0.05) is 25.6 Å². The number of carbonyl (C=O) groups excluding carboxylic acids is 1. The van der Waals surface area contributed by atoms with E-state index in [-0.39, 0.29) is 12.5 Å². The van der Waals surface area contributed by atoms with Crippen LogP contribution in [0.2, 0.25) is 0 Å². The Bertz CT molecular complexity index is 209. The van der Waals surface area contributed by atoms with Gasteiger partial charge >= 0.3 is 0 Å². The molecule has 1 unspecified atom stereocenters. The fourth-order valence-electron chi connectivity index (χ4n) is 2.15. The maximum atomic E-state index is 11.3. The molecule has 4 heteroatoms. The molecule has 0 aromatic carbocycles. The fraction of sp³-hybridized carbons (Fsp3) is 0.917. The van der Waals surface area contributed by atoms with Crippen LogP contribution in [0.25, 0.3) is 0 Å². The van der Waals surface area contributed by atoms with Crippen molar-refractivity contribution >= 4 is 5.91 Å². The lowest BCUT2D eigenvalue weighted by molar-refractivity contribution is -0.121. The molecule has 1 amide bonds. The highest BCUT2D eigenvalue weighted by molar-refractivity contribution is 5.75. The minimum Gasteiger partial charge on any atom is -0.396 e. The van der Waals surface area contributed by atoms with Gasteiger partial charge < -0.3 is 15.3 Å². The molecule has 2 N–H and O–H groups in total. The number of rotatable bonds is 6. The largest absolute Gasteiger partial charge is 0.396 e. The van der Waals surface area contributed by atoms with E-state index in [2.05, 4.69) is 10.2 Å². The predicted molar refractivity (Wildman–Crippen MR) is 64.2 cm³/mol. The summed E-state index contributed by atoms with van der Waals surface area (Å²) in [5, 5.41) is 11.8. The summed E-state index contributed by atoms with van der Waals surface area (Å²) < 4.78 is 0. The Labute approximate surface area is 98.0 Å². The van der Waals surface area contributed by atoms with E-state index in [0.29, 0.717) is 12.5 Å². The number of piperidine rings is 1. The molecule has 1 atom stereocenters. The maximum Gasteiger partial charge on any atom is 0.219 e. The molecule has 1 aliphatic rings. The average Bonchev–Trinajstić information content (AvgIpc) is 2.30. The lowest BCUT2D eigenvalue weighted by Crippen LogP contribution is -2.47. The fourth-order valence-corrected chi connectivity index (χ4v) is 2.15. The highest BCUT2D eigenvalue weighted by Gasteiger charge is 2.20. The molecule has 1 aliphatic heterocycles. The van der Waals surface area contributed by atoms with Gasteiger partial charge in [-0.05, 0) is 38.8 Å². The van der Waals surface area contributed by atoms with Crippen LogP contribution in [0.1, 0.15) is 39.0 Å². The minimum atomic E-state index is 0.155. The van der Waals surface area contributed by atoms with Crippen LogP contribution in [0.3, 0.4) is 0 Å². The normalized spacial score (nSPS) is 22.0. The van der Waals surface area contributed by atoms with E-state index in [9.17, 15) is 4.79 Å². The number of amides is 1. The van der Waals surface area contributed by atoms with Crippen LogP contribution in [0.5, 0.6) is 0 Å². The quantitative estimate of drug-likeness (QED) is 0.660. The second kappa shape index (κ2) is 7.63. The zero-order chi connectivity index (χ0) is 11.8. The summed E-state index contributed by atoms with van der Waals surface area (Å²) in [6, 6.07) is 0.329. The molecule has 0 aromatic heterocycles. The Kier molecular flexibility index (Phi) is 6.42. The van der Waals surface area contributed by atoms with Crippen LogP contribution in [0.4, 0.5) is 0 Å². The highest BCUT2D eigenvalue weighted by atomic mass is 16.2. The lowest BCUT2D eigenvalue weighted by atomic mass is 10.1. The first-order valence-electron chi connectivity index (χ1n) is 6.38. The zero-order valence-electron chi connectivity index (χ0n) is 10.2. The molecular weight excluding hydrogens is 204 g/mol. The first kappa shape index (κ1) is 13.5. The SMILES string of the molecule is CCC(=O)NC1CCCN(CCCCO)C1. The monoisotopic (exact) mass is 228 g/mol. The Morgan fingerprint density at radius 1 is 1.50 bits per heavy atom. The van der Waals surface area contributed by atoms with Gasteiger partial charge in [-0.3, -0.25) is 4.79 Å². The van der Waals surface area contributed by atoms with E-state index in [0.717, 1.165) is 45.3 Å². The number of hydrogen-bond acceptors (Lipinski definition) is 3. The Hall–Kier alpha value is -0.610. The van der Waals surface area contributed by atoms with Gasteiger partial charge in [0.1, 0.15) is 0 Å². The van der Waals surface area contributed by atoms with Crippen LogP contribution in [0, 0.1) is 0 Å². The molecule has 1 saturated heterocycles. The highest BCUT2D eigenvalue weighted by Crippen LogP contribution is 2.11. The topological polar surface area (TPSA) is 52.6 Å². The first-order valence-corrected chi connectivity index (χ1v) is 6.38. The number of nitrogens with zero attached hydrogens (tertiary/aromatic N) is 1. The molecule has 16 heavy (non-hydrogen) atoms.